The Morgan fingerprint density at radius 2 is 1.82 bits per heavy atom. The van der Waals surface area contributed by atoms with Crippen LogP contribution in [0.5, 0.6) is 0 Å². The molecule has 0 unspecified atom stereocenters. The highest BCUT2D eigenvalue weighted by atomic mass is 32.2. The molecule has 1 atom stereocenters. The minimum atomic E-state index is -3.01. The van der Waals surface area contributed by atoms with Crippen molar-refractivity contribution >= 4 is 15.7 Å². The summed E-state index contributed by atoms with van der Waals surface area (Å²) in [6.07, 6.45) is 3.42. The van der Waals surface area contributed by atoms with Gasteiger partial charge in [0.25, 0.3) is 5.91 Å². The Morgan fingerprint density at radius 1 is 1.14 bits per heavy atom. The number of rotatable bonds is 3. The number of likely N-dealkylation sites (tertiary alicyclic amines) is 1. The maximum Gasteiger partial charge on any atom is 0.253 e. The Labute approximate surface area is 130 Å². The molecule has 1 aromatic rings. The van der Waals surface area contributed by atoms with E-state index in [1.165, 1.54) is 5.41 Å². The Kier molecular flexibility index (Phi) is 4.31. The van der Waals surface area contributed by atoms with Crippen LogP contribution in [-0.4, -0.2) is 50.2 Å². The fourth-order valence-electron chi connectivity index (χ4n) is 2.99. The van der Waals surface area contributed by atoms with Crippen LogP contribution >= 0.6 is 0 Å². The van der Waals surface area contributed by atoms with Gasteiger partial charge < -0.3 is 10.2 Å². The number of amides is 1. The zero-order valence-corrected chi connectivity index (χ0v) is 13.1. The van der Waals surface area contributed by atoms with Gasteiger partial charge in [-0.15, -0.1) is 0 Å². The first-order chi connectivity index (χ1) is 10.5. The fourth-order valence-corrected chi connectivity index (χ4v) is 4.24. The number of hydrogen-bond acceptors (Lipinski definition) is 4. The second kappa shape index (κ2) is 6.22. The standard InChI is InChI=1S/C16H20N2O3S/c19-16(13-4-2-1-3-5-13)18-9-6-14(7-10-18)17-15-8-11-22(20,21)12-15/h1-5,8,11,14-15,17H,6-7,9-10,12H2/t15-/m0/s1. The molecule has 1 fully saturated rings. The molecule has 0 bridgehead atoms. The summed E-state index contributed by atoms with van der Waals surface area (Å²) in [5.41, 5.74) is 0.721. The molecule has 1 N–H and O–H groups in total. The van der Waals surface area contributed by atoms with Gasteiger partial charge in [-0.2, -0.15) is 0 Å². The number of nitrogens with one attached hydrogen (secondary N) is 1. The van der Waals surface area contributed by atoms with Gasteiger partial charge in [0, 0.05) is 36.1 Å². The summed E-state index contributed by atoms with van der Waals surface area (Å²) in [6.45, 7) is 1.41. The predicted octanol–water partition coefficient (Wildman–Crippen LogP) is 1.19. The number of benzene rings is 1. The van der Waals surface area contributed by atoms with Crippen LogP contribution in [0.4, 0.5) is 0 Å². The van der Waals surface area contributed by atoms with Crippen molar-refractivity contribution in [3.05, 3.63) is 47.4 Å². The topological polar surface area (TPSA) is 66.5 Å². The van der Waals surface area contributed by atoms with Crippen LogP contribution in [0.1, 0.15) is 23.2 Å². The molecule has 3 rings (SSSR count). The second-order valence-electron chi connectivity index (χ2n) is 5.86. The third-order valence-corrected chi connectivity index (χ3v) is 5.58. The average molecular weight is 320 g/mol. The van der Waals surface area contributed by atoms with Crippen molar-refractivity contribution in [1.29, 1.82) is 0 Å². The molecule has 1 amide bonds. The Balaban J connectivity index is 1.51. The molecule has 0 radical (unpaired) electrons. The van der Waals surface area contributed by atoms with E-state index in [0.717, 1.165) is 18.4 Å². The zero-order chi connectivity index (χ0) is 15.6. The Bertz CT molecular complexity index is 662. The van der Waals surface area contributed by atoms with Crippen LogP contribution < -0.4 is 5.32 Å². The van der Waals surface area contributed by atoms with Crippen LogP contribution in [0, 0.1) is 0 Å². The third kappa shape index (κ3) is 3.56. The summed E-state index contributed by atoms with van der Waals surface area (Å²) >= 11 is 0. The molecular formula is C16H20N2O3S. The number of sulfone groups is 1. The van der Waals surface area contributed by atoms with E-state index in [4.69, 9.17) is 0 Å². The van der Waals surface area contributed by atoms with Crippen molar-refractivity contribution in [3.8, 4) is 0 Å². The van der Waals surface area contributed by atoms with E-state index in [1.54, 1.807) is 6.08 Å². The monoisotopic (exact) mass is 320 g/mol. The molecule has 0 saturated carbocycles. The molecular weight excluding hydrogens is 300 g/mol. The first kappa shape index (κ1) is 15.2. The van der Waals surface area contributed by atoms with Gasteiger partial charge in [0.15, 0.2) is 9.84 Å². The lowest BCUT2D eigenvalue weighted by Crippen LogP contribution is -2.48. The van der Waals surface area contributed by atoms with Crippen molar-refractivity contribution in [2.24, 2.45) is 0 Å². The van der Waals surface area contributed by atoms with Crippen LogP contribution in [0.15, 0.2) is 41.8 Å². The summed E-state index contributed by atoms with van der Waals surface area (Å²) in [4.78, 5) is 14.2. The number of nitrogens with zero attached hydrogens (tertiary/aromatic N) is 1. The van der Waals surface area contributed by atoms with Gasteiger partial charge in [0.2, 0.25) is 0 Å². The summed E-state index contributed by atoms with van der Waals surface area (Å²) in [7, 11) is -3.01. The smallest absolute Gasteiger partial charge is 0.253 e. The first-order valence-corrected chi connectivity index (χ1v) is 9.26. The van der Waals surface area contributed by atoms with Crippen molar-refractivity contribution in [3.63, 3.8) is 0 Å². The number of carbonyl (C=O) groups excluding carboxylic acids is 1. The first-order valence-electron chi connectivity index (χ1n) is 7.55. The molecule has 0 spiro atoms. The summed E-state index contributed by atoms with van der Waals surface area (Å²) < 4.78 is 22.8. The summed E-state index contributed by atoms with van der Waals surface area (Å²) in [6, 6.07) is 9.48. The minimum Gasteiger partial charge on any atom is -0.339 e. The quantitative estimate of drug-likeness (QED) is 0.908. The summed E-state index contributed by atoms with van der Waals surface area (Å²) in [5, 5.41) is 4.66. The molecule has 2 aliphatic rings. The van der Waals surface area contributed by atoms with Gasteiger partial charge in [-0.3, -0.25) is 4.79 Å². The normalized spacial score (nSPS) is 24.5. The lowest BCUT2D eigenvalue weighted by molar-refractivity contribution is 0.0704. The van der Waals surface area contributed by atoms with Crippen LogP contribution in [0.3, 0.4) is 0 Å². The van der Waals surface area contributed by atoms with Gasteiger partial charge >= 0.3 is 0 Å². The SMILES string of the molecule is O=C(c1ccccc1)N1CCC(N[C@H]2C=CS(=O)(=O)C2)CC1. The molecule has 0 aromatic heterocycles. The maximum atomic E-state index is 12.4. The zero-order valence-electron chi connectivity index (χ0n) is 12.3. The fraction of sp³-hybridized carbons (Fsp3) is 0.438. The minimum absolute atomic E-state index is 0.0717. The highest BCUT2D eigenvalue weighted by molar-refractivity contribution is 7.94. The predicted molar refractivity (Wildman–Crippen MR) is 85.2 cm³/mol. The van der Waals surface area contributed by atoms with Gasteiger partial charge in [-0.05, 0) is 25.0 Å². The molecule has 6 heteroatoms. The molecule has 1 aromatic carbocycles. The molecule has 0 aliphatic carbocycles. The van der Waals surface area contributed by atoms with Crippen molar-refractivity contribution in [2.45, 2.75) is 24.9 Å². The second-order valence-corrected chi connectivity index (χ2v) is 7.79. The number of carbonyl (C=O) groups is 1. The van der Waals surface area contributed by atoms with E-state index >= 15 is 0 Å². The van der Waals surface area contributed by atoms with E-state index in [-0.39, 0.29) is 23.7 Å². The maximum absolute atomic E-state index is 12.4. The Hall–Kier alpha value is -1.66. The molecule has 2 aliphatic heterocycles. The summed E-state index contributed by atoms with van der Waals surface area (Å²) in [5.74, 6) is 0.221. The molecule has 2 heterocycles. The van der Waals surface area contributed by atoms with Crippen molar-refractivity contribution in [1.82, 2.24) is 10.2 Å². The van der Waals surface area contributed by atoms with Gasteiger partial charge in [0.05, 0.1) is 5.75 Å². The van der Waals surface area contributed by atoms with Crippen LogP contribution in [0.25, 0.3) is 0 Å². The number of hydrogen-bond donors (Lipinski definition) is 1. The Morgan fingerprint density at radius 3 is 2.41 bits per heavy atom. The van der Waals surface area contributed by atoms with Gasteiger partial charge in [0.1, 0.15) is 0 Å². The van der Waals surface area contributed by atoms with E-state index < -0.39 is 9.84 Å². The largest absolute Gasteiger partial charge is 0.339 e. The lowest BCUT2D eigenvalue weighted by atomic mass is 10.0. The highest BCUT2D eigenvalue weighted by Crippen LogP contribution is 2.16. The third-order valence-electron chi connectivity index (χ3n) is 4.18. The molecule has 118 valence electrons. The van der Waals surface area contributed by atoms with E-state index in [0.29, 0.717) is 13.1 Å². The van der Waals surface area contributed by atoms with Gasteiger partial charge in [-0.25, -0.2) is 8.42 Å². The molecule has 5 nitrogen and oxygen atoms in total. The van der Waals surface area contributed by atoms with E-state index in [1.807, 2.05) is 35.2 Å². The average Bonchev–Trinajstić information content (AvgIpc) is 2.87. The lowest BCUT2D eigenvalue weighted by Gasteiger charge is -2.33. The van der Waals surface area contributed by atoms with Crippen LogP contribution in [0.2, 0.25) is 0 Å². The van der Waals surface area contributed by atoms with Crippen LogP contribution in [-0.2, 0) is 9.84 Å². The highest BCUT2D eigenvalue weighted by Gasteiger charge is 2.27. The van der Waals surface area contributed by atoms with Gasteiger partial charge in [-0.1, -0.05) is 24.3 Å². The van der Waals surface area contributed by atoms with E-state index in [2.05, 4.69) is 5.32 Å². The van der Waals surface area contributed by atoms with Crippen molar-refractivity contribution < 1.29 is 13.2 Å². The molecule has 22 heavy (non-hydrogen) atoms. The molecule has 1 saturated heterocycles. The van der Waals surface area contributed by atoms with Crippen molar-refractivity contribution in [2.75, 3.05) is 18.8 Å². The number of piperidine rings is 1. The van der Waals surface area contributed by atoms with E-state index in [9.17, 15) is 13.2 Å².